The van der Waals surface area contributed by atoms with Gasteiger partial charge in [-0.1, -0.05) is 42.1 Å². The Balaban J connectivity index is 2.17. The second kappa shape index (κ2) is 5.13. The molecule has 0 amide bonds. The molecule has 4 nitrogen and oxygen atoms in total. The lowest BCUT2D eigenvalue weighted by Crippen LogP contribution is -2.27. The first-order valence-corrected chi connectivity index (χ1v) is 8.15. The van der Waals surface area contributed by atoms with E-state index < -0.39 is 0 Å². The van der Waals surface area contributed by atoms with Gasteiger partial charge in [0.2, 0.25) is 0 Å². The van der Waals surface area contributed by atoms with E-state index in [0.717, 1.165) is 23.7 Å². The fraction of sp³-hybridized carbons (Fsp3) is 0.412. The van der Waals surface area contributed by atoms with Gasteiger partial charge in [-0.05, 0) is 31.9 Å². The van der Waals surface area contributed by atoms with Gasteiger partial charge in [0, 0.05) is 11.4 Å². The number of nitrogens with zero attached hydrogens (tertiary/aromatic N) is 2. The fourth-order valence-electron chi connectivity index (χ4n) is 3.67. The summed E-state index contributed by atoms with van der Waals surface area (Å²) in [7, 11) is 0. The molecule has 2 heterocycles. The van der Waals surface area contributed by atoms with Gasteiger partial charge >= 0.3 is 0 Å². The van der Waals surface area contributed by atoms with E-state index in [2.05, 4.69) is 5.16 Å². The minimum atomic E-state index is -0.00424. The van der Waals surface area contributed by atoms with Crippen LogP contribution >= 0.6 is 11.6 Å². The summed E-state index contributed by atoms with van der Waals surface area (Å²) in [5.41, 5.74) is 1.44. The summed E-state index contributed by atoms with van der Waals surface area (Å²) in [5.74, 6) is 0.561. The molecule has 5 heteroatoms. The van der Waals surface area contributed by atoms with Crippen LogP contribution in [0.2, 0.25) is 5.02 Å². The molecule has 3 aromatic rings. The third kappa shape index (κ3) is 1.90. The summed E-state index contributed by atoms with van der Waals surface area (Å²) in [6.07, 6.45) is 5.66. The first kappa shape index (κ1) is 13.8. The van der Waals surface area contributed by atoms with Gasteiger partial charge in [-0.15, -0.1) is 0 Å². The lowest BCUT2D eigenvalue weighted by Gasteiger charge is -2.25. The molecule has 114 valence electrons. The third-order valence-electron chi connectivity index (χ3n) is 4.72. The Labute approximate surface area is 132 Å². The van der Waals surface area contributed by atoms with E-state index >= 15 is 0 Å². The van der Waals surface area contributed by atoms with Gasteiger partial charge in [0.25, 0.3) is 5.56 Å². The van der Waals surface area contributed by atoms with Crippen molar-refractivity contribution in [2.75, 3.05) is 0 Å². The monoisotopic (exact) mass is 316 g/mol. The summed E-state index contributed by atoms with van der Waals surface area (Å²) >= 11 is 6.41. The Morgan fingerprint density at radius 3 is 2.77 bits per heavy atom. The van der Waals surface area contributed by atoms with Crippen molar-refractivity contribution in [1.82, 2.24) is 9.72 Å². The number of pyridine rings is 1. The maximum Gasteiger partial charge on any atom is 0.264 e. The summed E-state index contributed by atoms with van der Waals surface area (Å²) in [6, 6.07) is 5.92. The normalized spacial score (nSPS) is 16.6. The summed E-state index contributed by atoms with van der Waals surface area (Å²) < 4.78 is 7.20. The van der Waals surface area contributed by atoms with Crippen molar-refractivity contribution < 1.29 is 4.52 Å². The SMILES string of the molecule is Cc1onc2c1c(=O)n(C1CCCCC1)c1cccc(Cl)c21. The van der Waals surface area contributed by atoms with E-state index in [1.165, 1.54) is 19.3 Å². The van der Waals surface area contributed by atoms with E-state index in [1.807, 2.05) is 22.8 Å². The topological polar surface area (TPSA) is 48.0 Å². The van der Waals surface area contributed by atoms with Crippen molar-refractivity contribution in [3.05, 3.63) is 39.3 Å². The lowest BCUT2D eigenvalue weighted by atomic mass is 9.94. The van der Waals surface area contributed by atoms with Crippen LogP contribution in [0, 0.1) is 6.92 Å². The highest BCUT2D eigenvalue weighted by molar-refractivity contribution is 6.37. The van der Waals surface area contributed by atoms with Crippen molar-refractivity contribution >= 4 is 33.4 Å². The molecule has 0 N–H and O–H groups in total. The molecule has 22 heavy (non-hydrogen) atoms. The quantitative estimate of drug-likeness (QED) is 0.658. The van der Waals surface area contributed by atoms with Gasteiger partial charge in [-0.2, -0.15) is 0 Å². The van der Waals surface area contributed by atoms with Crippen molar-refractivity contribution in [2.24, 2.45) is 0 Å². The highest BCUT2D eigenvalue weighted by Gasteiger charge is 2.24. The molecular formula is C17H17ClN2O2. The van der Waals surface area contributed by atoms with E-state index in [9.17, 15) is 4.79 Å². The molecule has 1 aliphatic rings. The van der Waals surface area contributed by atoms with E-state index in [4.69, 9.17) is 16.1 Å². The molecule has 0 saturated heterocycles. The molecule has 1 saturated carbocycles. The van der Waals surface area contributed by atoms with Crippen LogP contribution < -0.4 is 5.56 Å². The predicted molar refractivity (Wildman–Crippen MR) is 87.6 cm³/mol. The Hall–Kier alpha value is -1.81. The van der Waals surface area contributed by atoms with Crippen LogP contribution in [0.15, 0.2) is 27.5 Å². The minimum Gasteiger partial charge on any atom is -0.360 e. The van der Waals surface area contributed by atoms with Crippen LogP contribution in [0.1, 0.15) is 43.9 Å². The Kier molecular flexibility index (Phi) is 3.22. The average Bonchev–Trinajstić information content (AvgIpc) is 2.91. The summed E-state index contributed by atoms with van der Waals surface area (Å²) in [6.45, 7) is 1.78. The van der Waals surface area contributed by atoms with Crippen molar-refractivity contribution in [1.29, 1.82) is 0 Å². The summed E-state index contributed by atoms with van der Waals surface area (Å²) in [5, 5.41) is 6.07. The number of rotatable bonds is 1. The van der Waals surface area contributed by atoms with Crippen LogP contribution in [0.4, 0.5) is 0 Å². The zero-order valence-corrected chi connectivity index (χ0v) is 13.2. The van der Waals surface area contributed by atoms with Crippen LogP contribution in [-0.2, 0) is 0 Å². The molecule has 0 radical (unpaired) electrons. The van der Waals surface area contributed by atoms with E-state index in [-0.39, 0.29) is 11.6 Å². The van der Waals surface area contributed by atoms with Gasteiger partial charge in [-0.25, -0.2) is 0 Å². The van der Waals surface area contributed by atoms with Crippen LogP contribution in [-0.4, -0.2) is 9.72 Å². The van der Waals surface area contributed by atoms with Crippen molar-refractivity contribution in [2.45, 2.75) is 45.1 Å². The van der Waals surface area contributed by atoms with E-state index in [1.54, 1.807) is 6.92 Å². The van der Waals surface area contributed by atoms with Crippen LogP contribution in [0.3, 0.4) is 0 Å². The number of aryl methyl sites for hydroxylation is 1. The number of benzene rings is 1. The van der Waals surface area contributed by atoms with Gasteiger partial charge in [-0.3, -0.25) is 4.79 Å². The van der Waals surface area contributed by atoms with E-state index in [0.29, 0.717) is 21.7 Å². The number of hydrogen-bond donors (Lipinski definition) is 0. The number of halogens is 1. The van der Waals surface area contributed by atoms with Gasteiger partial charge in [0.15, 0.2) is 0 Å². The average molecular weight is 317 g/mol. The molecule has 0 bridgehead atoms. The van der Waals surface area contributed by atoms with Gasteiger partial charge in [0.1, 0.15) is 16.7 Å². The van der Waals surface area contributed by atoms with Gasteiger partial charge < -0.3 is 9.09 Å². The summed E-state index contributed by atoms with van der Waals surface area (Å²) in [4.78, 5) is 13.1. The molecule has 2 aromatic heterocycles. The second-order valence-corrected chi connectivity index (χ2v) is 6.47. The molecule has 1 aliphatic carbocycles. The maximum absolute atomic E-state index is 13.1. The smallest absolute Gasteiger partial charge is 0.264 e. The molecular weight excluding hydrogens is 300 g/mol. The Morgan fingerprint density at radius 1 is 1.23 bits per heavy atom. The lowest BCUT2D eigenvalue weighted by molar-refractivity contribution is 0.355. The minimum absolute atomic E-state index is 0.00424. The molecule has 1 aromatic carbocycles. The highest BCUT2D eigenvalue weighted by atomic mass is 35.5. The van der Waals surface area contributed by atoms with Crippen LogP contribution in [0.25, 0.3) is 21.8 Å². The largest absolute Gasteiger partial charge is 0.360 e. The highest BCUT2D eigenvalue weighted by Crippen LogP contribution is 2.34. The number of aromatic nitrogens is 2. The zero-order chi connectivity index (χ0) is 15.3. The first-order valence-electron chi connectivity index (χ1n) is 7.77. The van der Waals surface area contributed by atoms with Crippen molar-refractivity contribution in [3.8, 4) is 0 Å². The standard InChI is InChI=1S/C17H17ClN2O2/c1-10-14-16(19-22-10)15-12(18)8-5-9-13(15)20(17(14)21)11-6-3-2-4-7-11/h5,8-9,11H,2-4,6-7H2,1H3. The zero-order valence-electron chi connectivity index (χ0n) is 12.4. The molecule has 0 spiro atoms. The molecule has 0 atom stereocenters. The fourth-order valence-corrected chi connectivity index (χ4v) is 3.93. The Morgan fingerprint density at radius 2 is 2.00 bits per heavy atom. The first-order chi connectivity index (χ1) is 10.7. The Bertz CT molecular complexity index is 920. The van der Waals surface area contributed by atoms with Crippen LogP contribution in [0.5, 0.6) is 0 Å². The number of hydrogen-bond acceptors (Lipinski definition) is 3. The number of fused-ring (bicyclic) bond motifs is 3. The third-order valence-corrected chi connectivity index (χ3v) is 5.04. The molecule has 1 fully saturated rings. The predicted octanol–water partition coefficient (Wildman–Crippen LogP) is 4.61. The van der Waals surface area contributed by atoms with Gasteiger partial charge in [0.05, 0.1) is 10.5 Å². The molecule has 0 aliphatic heterocycles. The van der Waals surface area contributed by atoms with Crippen molar-refractivity contribution in [3.63, 3.8) is 0 Å². The molecule has 4 rings (SSSR count). The second-order valence-electron chi connectivity index (χ2n) is 6.06. The maximum atomic E-state index is 13.1. The molecule has 0 unspecified atom stereocenters.